The molecule has 0 radical (unpaired) electrons. The summed E-state index contributed by atoms with van der Waals surface area (Å²) in [5, 5.41) is 12.7. The van der Waals surface area contributed by atoms with Gasteiger partial charge in [0.15, 0.2) is 0 Å². The number of rotatable bonds is 3. The monoisotopic (exact) mass is 310 g/mol. The van der Waals surface area contributed by atoms with Gasteiger partial charge in [0.05, 0.1) is 16.7 Å². The Morgan fingerprint density at radius 2 is 2.05 bits per heavy atom. The standard InChI is InChI=1S/C14H12Cl2N2O2/c1-8(19)10-4-2-3-5-12(10)18-14(20)9-6-11(15)13(16)17-7-9/h2-8,19H,1H3,(H,18,20). The molecule has 6 heteroatoms. The van der Waals surface area contributed by atoms with E-state index in [1.165, 1.54) is 12.3 Å². The second-order valence-corrected chi connectivity index (χ2v) is 4.98. The van der Waals surface area contributed by atoms with E-state index in [0.717, 1.165) is 0 Å². The van der Waals surface area contributed by atoms with E-state index in [-0.39, 0.29) is 16.1 Å². The minimum absolute atomic E-state index is 0.146. The highest BCUT2D eigenvalue weighted by molar-refractivity contribution is 6.41. The lowest BCUT2D eigenvalue weighted by atomic mass is 10.1. The maximum absolute atomic E-state index is 12.1. The van der Waals surface area contributed by atoms with Crippen LogP contribution in [0.3, 0.4) is 0 Å². The van der Waals surface area contributed by atoms with Gasteiger partial charge >= 0.3 is 0 Å². The van der Waals surface area contributed by atoms with E-state index >= 15 is 0 Å². The first-order valence-corrected chi connectivity index (χ1v) is 6.64. The Bertz CT molecular complexity index is 645. The van der Waals surface area contributed by atoms with Crippen molar-refractivity contribution in [2.45, 2.75) is 13.0 Å². The topological polar surface area (TPSA) is 62.2 Å². The van der Waals surface area contributed by atoms with Gasteiger partial charge in [0.25, 0.3) is 5.91 Å². The fourth-order valence-electron chi connectivity index (χ4n) is 1.72. The van der Waals surface area contributed by atoms with Crippen LogP contribution in [0.1, 0.15) is 28.9 Å². The summed E-state index contributed by atoms with van der Waals surface area (Å²) < 4.78 is 0. The summed E-state index contributed by atoms with van der Waals surface area (Å²) in [6, 6.07) is 8.46. The number of aliphatic hydroxyl groups excluding tert-OH is 1. The van der Waals surface area contributed by atoms with E-state index in [1.54, 1.807) is 31.2 Å². The van der Waals surface area contributed by atoms with Crippen LogP contribution in [0, 0.1) is 0 Å². The number of aliphatic hydroxyl groups is 1. The molecule has 1 atom stereocenters. The summed E-state index contributed by atoms with van der Waals surface area (Å²) in [6.07, 6.45) is 0.660. The second kappa shape index (κ2) is 6.22. The molecule has 0 saturated heterocycles. The van der Waals surface area contributed by atoms with Crippen LogP contribution in [0.25, 0.3) is 0 Å². The molecule has 1 amide bonds. The maximum Gasteiger partial charge on any atom is 0.257 e. The number of aromatic nitrogens is 1. The molecule has 1 aromatic heterocycles. The molecule has 2 rings (SSSR count). The van der Waals surface area contributed by atoms with Crippen molar-refractivity contribution in [1.82, 2.24) is 4.98 Å². The van der Waals surface area contributed by atoms with E-state index in [9.17, 15) is 9.90 Å². The molecule has 4 nitrogen and oxygen atoms in total. The molecule has 1 unspecified atom stereocenters. The van der Waals surface area contributed by atoms with Gasteiger partial charge in [-0.15, -0.1) is 0 Å². The number of nitrogens with one attached hydrogen (secondary N) is 1. The van der Waals surface area contributed by atoms with Crippen molar-refractivity contribution in [1.29, 1.82) is 0 Å². The van der Waals surface area contributed by atoms with Gasteiger partial charge in [-0.1, -0.05) is 41.4 Å². The fourth-order valence-corrected chi connectivity index (χ4v) is 1.98. The zero-order chi connectivity index (χ0) is 14.7. The number of nitrogens with zero attached hydrogens (tertiary/aromatic N) is 1. The lowest BCUT2D eigenvalue weighted by Crippen LogP contribution is -2.14. The molecule has 0 aliphatic heterocycles. The Morgan fingerprint density at radius 1 is 1.35 bits per heavy atom. The SMILES string of the molecule is CC(O)c1ccccc1NC(=O)c1cnc(Cl)c(Cl)c1. The normalized spacial score (nSPS) is 12.0. The molecule has 104 valence electrons. The Kier molecular flexibility index (Phi) is 4.60. The largest absolute Gasteiger partial charge is 0.389 e. The smallest absolute Gasteiger partial charge is 0.257 e. The number of hydrogen-bond donors (Lipinski definition) is 2. The van der Waals surface area contributed by atoms with E-state index in [1.807, 2.05) is 0 Å². The van der Waals surface area contributed by atoms with E-state index in [4.69, 9.17) is 23.2 Å². The molecule has 0 aliphatic rings. The number of anilines is 1. The number of halogens is 2. The summed E-state index contributed by atoms with van der Waals surface area (Å²) in [5.74, 6) is -0.371. The number of para-hydroxylation sites is 1. The van der Waals surface area contributed by atoms with Crippen molar-refractivity contribution in [3.8, 4) is 0 Å². The summed E-state index contributed by atoms with van der Waals surface area (Å²) in [4.78, 5) is 15.9. The zero-order valence-electron chi connectivity index (χ0n) is 10.6. The molecule has 0 saturated carbocycles. The summed E-state index contributed by atoms with van der Waals surface area (Å²) >= 11 is 11.5. The first-order chi connectivity index (χ1) is 9.49. The predicted molar refractivity (Wildman–Crippen MR) is 79.3 cm³/mol. The van der Waals surface area contributed by atoms with Crippen molar-refractivity contribution in [2.24, 2.45) is 0 Å². The number of benzene rings is 1. The third-order valence-corrected chi connectivity index (χ3v) is 3.40. The molecular weight excluding hydrogens is 299 g/mol. The number of hydrogen-bond acceptors (Lipinski definition) is 3. The van der Waals surface area contributed by atoms with E-state index in [2.05, 4.69) is 10.3 Å². The van der Waals surface area contributed by atoms with E-state index in [0.29, 0.717) is 16.8 Å². The van der Waals surface area contributed by atoms with Crippen LogP contribution < -0.4 is 5.32 Å². The second-order valence-electron chi connectivity index (χ2n) is 4.21. The Morgan fingerprint density at radius 3 is 2.70 bits per heavy atom. The molecule has 1 heterocycles. The average molecular weight is 311 g/mol. The van der Waals surface area contributed by atoms with Crippen LogP contribution in [0.5, 0.6) is 0 Å². The molecule has 0 spiro atoms. The van der Waals surface area contributed by atoms with Crippen molar-refractivity contribution in [3.63, 3.8) is 0 Å². The van der Waals surface area contributed by atoms with Gasteiger partial charge in [0.2, 0.25) is 0 Å². The summed E-state index contributed by atoms with van der Waals surface area (Å²) in [5.41, 5.74) is 1.47. The molecule has 0 bridgehead atoms. The highest BCUT2D eigenvalue weighted by Crippen LogP contribution is 2.24. The molecule has 20 heavy (non-hydrogen) atoms. The van der Waals surface area contributed by atoms with Crippen LogP contribution in [0.15, 0.2) is 36.5 Å². The van der Waals surface area contributed by atoms with Gasteiger partial charge in [0, 0.05) is 17.4 Å². The highest BCUT2D eigenvalue weighted by Gasteiger charge is 2.13. The molecule has 2 aromatic rings. The van der Waals surface area contributed by atoms with Crippen LogP contribution in [0.4, 0.5) is 5.69 Å². The number of carbonyl (C=O) groups excluding carboxylic acids is 1. The minimum Gasteiger partial charge on any atom is -0.389 e. The number of carbonyl (C=O) groups is 1. The molecule has 0 aliphatic carbocycles. The van der Waals surface area contributed by atoms with Crippen molar-refractivity contribution in [3.05, 3.63) is 57.8 Å². The average Bonchev–Trinajstić information content (AvgIpc) is 2.42. The molecule has 2 N–H and O–H groups in total. The van der Waals surface area contributed by atoms with Gasteiger partial charge in [0.1, 0.15) is 5.15 Å². The molecule has 0 fully saturated rings. The summed E-state index contributed by atoms with van der Waals surface area (Å²) in [7, 11) is 0. The van der Waals surface area contributed by atoms with Crippen LogP contribution >= 0.6 is 23.2 Å². The molecular formula is C14H12Cl2N2O2. The van der Waals surface area contributed by atoms with Gasteiger partial charge < -0.3 is 10.4 Å². The minimum atomic E-state index is -0.682. The maximum atomic E-state index is 12.1. The van der Waals surface area contributed by atoms with Gasteiger partial charge in [-0.25, -0.2) is 4.98 Å². The number of pyridine rings is 1. The summed E-state index contributed by atoms with van der Waals surface area (Å²) in [6.45, 7) is 1.63. The highest BCUT2D eigenvalue weighted by atomic mass is 35.5. The first kappa shape index (κ1) is 14.8. The lowest BCUT2D eigenvalue weighted by molar-refractivity contribution is 0.102. The van der Waals surface area contributed by atoms with E-state index < -0.39 is 6.10 Å². The van der Waals surface area contributed by atoms with Crippen LogP contribution in [0.2, 0.25) is 10.2 Å². The van der Waals surface area contributed by atoms with Gasteiger partial charge in [-0.3, -0.25) is 4.79 Å². The Labute approximate surface area is 126 Å². The number of amides is 1. The van der Waals surface area contributed by atoms with Crippen molar-refractivity contribution in [2.75, 3.05) is 5.32 Å². The van der Waals surface area contributed by atoms with Crippen LogP contribution in [-0.4, -0.2) is 16.0 Å². The van der Waals surface area contributed by atoms with Crippen LogP contribution in [-0.2, 0) is 0 Å². The third-order valence-electron chi connectivity index (χ3n) is 2.72. The van der Waals surface area contributed by atoms with Crippen molar-refractivity contribution >= 4 is 34.8 Å². The predicted octanol–water partition coefficient (Wildman–Crippen LogP) is 3.69. The Hall–Kier alpha value is -1.62. The first-order valence-electron chi connectivity index (χ1n) is 5.88. The van der Waals surface area contributed by atoms with Gasteiger partial charge in [-0.05, 0) is 19.1 Å². The quantitative estimate of drug-likeness (QED) is 0.850. The molecule has 1 aromatic carbocycles. The van der Waals surface area contributed by atoms with Gasteiger partial charge in [-0.2, -0.15) is 0 Å². The third kappa shape index (κ3) is 3.28. The lowest BCUT2D eigenvalue weighted by Gasteiger charge is -2.13. The fraction of sp³-hybridized carbons (Fsp3) is 0.143. The van der Waals surface area contributed by atoms with Crippen molar-refractivity contribution < 1.29 is 9.90 Å². The Balaban J connectivity index is 2.26. The zero-order valence-corrected chi connectivity index (χ0v) is 12.1.